The van der Waals surface area contributed by atoms with Gasteiger partial charge in [0, 0.05) is 19.4 Å². The van der Waals surface area contributed by atoms with E-state index in [1.165, 1.54) is 90.1 Å². The third-order valence-corrected chi connectivity index (χ3v) is 4.62. The van der Waals surface area contributed by atoms with Gasteiger partial charge in [0.15, 0.2) is 0 Å². The number of hydrogen-bond acceptors (Lipinski definition) is 1. The highest BCUT2D eigenvalue weighted by molar-refractivity contribution is 4.57. The topological polar surface area (TPSA) is 16.5 Å². The van der Waals surface area contributed by atoms with E-state index in [0.29, 0.717) is 0 Å². The molecule has 0 amide bonds. The Balaban J connectivity index is 1.88. The summed E-state index contributed by atoms with van der Waals surface area (Å²) in [4.78, 5) is 0. The first kappa shape index (κ1) is 17.0. The van der Waals surface area contributed by atoms with E-state index in [2.05, 4.69) is 19.3 Å². The second kappa shape index (κ2) is 11.7. The molecule has 0 radical (unpaired) electrons. The quantitative estimate of drug-likeness (QED) is 0.519. The monoisotopic (exact) mass is 269 g/mol. The molecule has 19 heavy (non-hydrogen) atoms. The smallest absolute Gasteiger partial charge is 0.105 e. The predicted octanol–water partition coefficient (Wildman–Crippen LogP) is 3.48. The Bertz CT molecular complexity index is 188. The Labute approximate surface area is 121 Å². The van der Waals surface area contributed by atoms with Gasteiger partial charge in [-0.1, -0.05) is 65.2 Å². The second-order valence-electron chi connectivity index (χ2n) is 6.28. The van der Waals surface area contributed by atoms with Crippen molar-refractivity contribution in [1.82, 2.24) is 5.43 Å². The van der Waals surface area contributed by atoms with Crippen LogP contribution in [0.5, 0.6) is 0 Å². The molecule has 1 aliphatic rings. The van der Waals surface area contributed by atoms with Crippen LogP contribution in [0.4, 0.5) is 0 Å². The van der Waals surface area contributed by atoms with E-state index >= 15 is 0 Å². The summed E-state index contributed by atoms with van der Waals surface area (Å²) in [5, 5.41) is 1.67. The minimum Gasteiger partial charge on any atom is -0.255 e. The lowest BCUT2D eigenvalue weighted by molar-refractivity contribution is -0.956. The van der Waals surface area contributed by atoms with Crippen LogP contribution in [0.25, 0.3) is 0 Å². The second-order valence-corrected chi connectivity index (χ2v) is 6.28. The molecule has 0 saturated carbocycles. The molecule has 0 spiro atoms. The van der Waals surface area contributed by atoms with Crippen molar-refractivity contribution in [3.8, 4) is 0 Å². The fourth-order valence-electron chi connectivity index (χ4n) is 3.29. The van der Waals surface area contributed by atoms with Gasteiger partial charge in [-0.25, -0.2) is 0 Å². The van der Waals surface area contributed by atoms with E-state index in [1.807, 2.05) is 0 Å². The molecule has 2 nitrogen and oxygen atoms in total. The van der Waals surface area contributed by atoms with Gasteiger partial charge in [-0.2, -0.15) is 5.43 Å². The number of quaternary nitrogens is 1. The molecule has 2 heteroatoms. The molecular formula is C17H37N2+. The largest absolute Gasteiger partial charge is 0.255 e. The molecule has 114 valence electrons. The molecular weight excluding hydrogens is 232 g/mol. The summed E-state index contributed by atoms with van der Waals surface area (Å²) in [6.45, 7) is 7.21. The van der Waals surface area contributed by atoms with E-state index < -0.39 is 0 Å². The minimum atomic E-state index is 0.868. The maximum Gasteiger partial charge on any atom is 0.105 e. The van der Waals surface area contributed by atoms with Crippen LogP contribution in [0.1, 0.15) is 90.9 Å². The molecule has 1 fully saturated rings. The fraction of sp³-hybridized carbons (Fsp3) is 1.00. The predicted molar refractivity (Wildman–Crippen MR) is 84.4 cm³/mol. The van der Waals surface area contributed by atoms with Crippen molar-refractivity contribution in [2.45, 2.75) is 96.9 Å². The molecule has 1 heterocycles. The standard InChI is InChI=1S/C17H36N2/c1-3-5-6-7-8-9-10-11-12-14-17(4-2)19-16-13-15-18-19/h17-18H,3-16H2,1-2H3/p+1. The highest BCUT2D eigenvalue weighted by Gasteiger charge is 2.23. The van der Waals surface area contributed by atoms with Crippen LogP contribution in [0.15, 0.2) is 0 Å². The van der Waals surface area contributed by atoms with Crippen molar-refractivity contribution in [1.29, 1.82) is 0 Å². The zero-order chi connectivity index (χ0) is 13.8. The summed E-state index contributed by atoms with van der Waals surface area (Å²) in [6.07, 6.45) is 17.1. The third kappa shape index (κ3) is 7.94. The molecule has 2 atom stereocenters. The van der Waals surface area contributed by atoms with Crippen molar-refractivity contribution >= 4 is 0 Å². The highest BCUT2D eigenvalue weighted by Crippen LogP contribution is 2.11. The molecule has 0 aliphatic carbocycles. The van der Waals surface area contributed by atoms with Crippen molar-refractivity contribution < 1.29 is 5.01 Å². The van der Waals surface area contributed by atoms with E-state index in [-0.39, 0.29) is 0 Å². The third-order valence-electron chi connectivity index (χ3n) is 4.62. The Morgan fingerprint density at radius 1 is 0.895 bits per heavy atom. The van der Waals surface area contributed by atoms with Crippen molar-refractivity contribution in [3.05, 3.63) is 0 Å². The van der Waals surface area contributed by atoms with E-state index in [1.54, 1.807) is 5.01 Å². The normalized spacial score (nSPS) is 20.8. The first-order valence-electron chi connectivity index (χ1n) is 8.98. The Morgan fingerprint density at radius 2 is 1.53 bits per heavy atom. The Hall–Kier alpha value is -0.0800. The number of hydrogen-bond donors (Lipinski definition) is 2. The van der Waals surface area contributed by atoms with Crippen LogP contribution in [-0.2, 0) is 0 Å². The summed E-state index contributed by atoms with van der Waals surface area (Å²) in [6, 6.07) is 0.868. The molecule has 1 saturated heterocycles. The summed E-state index contributed by atoms with van der Waals surface area (Å²) >= 11 is 0. The fourth-order valence-corrected chi connectivity index (χ4v) is 3.29. The van der Waals surface area contributed by atoms with Gasteiger partial charge in [-0.05, 0) is 12.8 Å². The van der Waals surface area contributed by atoms with Crippen LogP contribution in [-0.4, -0.2) is 19.1 Å². The van der Waals surface area contributed by atoms with Crippen molar-refractivity contribution in [2.24, 2.45) is 0 Å². The Kier molecular flexibility index (Phi) is 10.5. The lowest BCUT2D eigenvalue weighted by Crippen LogP contribution is -3.19. The molecule has 0 bridgehead atoms. The first-order valence-corrected chi connectivity index (χ1v) is 8.98. The number of unbranched alkanes of at least 4 members (excludes halogenated alkanes) is 8. The van der Waals surface area contributed by atoms with Crippen LogP contribution >= 0.6 is 0 Å². The lowest BCUT2D eigenvalue weighted by atomic mass is 10.0. The van der Waals surface area contributed by atoms with E-state index in [9.17, 15) is 0 Å². The van der Waals surface area contributed by atoms with Crippen molar-refractivity contribution in [2.75, 3.05) is 13.1 Å². The van der Waals surface area contributed by atoms with Gasteiger partial charge in [0.1, 0.15) is 6.04 Å². The Morgan fingerprint density at radius 3 is 2.05 bits per heavy atom. The summed E-state index contributed by atoms with van der Waals surface area (Å²) in [7, 11) is 0. The molecule has 1 aliphatic heterocycles. The SMILES string of the molecule is CCCCCCCCCCCC(CC)[NH+]1CCCN1. The molecule has 0 aromatic rings. The number of nitrogens with one attached hydrogen (secondary N) is 2. The summed E-state index contributed by atoms with van der Waals surface area (Å²) in [5.74, 6) is 0. The van der Waals surface area contributed by atoms with Crippen LogP contribution in [0, 0.1) is 0 Å². The molecule has 0 aromatic carbocycles. The van der Waals surface area contributed by atoms with Gasteiger partial charge in [0.05, 0.1) is 6.54 Å². The van der Waals surface area contributed by atoms with Gasteiger partial charge in [-0.15, -0.1) is 0 Å². The zero-order valence-electron chi connectivity index (χ0n) is 13.5. The summed E-state index contributed by atoms with van der Waals surface area (Å²) < 4.78 is 0. The molecule has 0 aromatic heterocycles. The van der Waals surface area contributed by atoms with Gasteiger partial charge in [0.25, 0.3) is 0 Å². The van der Waals surface area contributed by atoms with E-state index in [0.717, 1.165) is 6.04 Å². The average Bonchev–Trinajstić information content (AvgIpc) is 2.95. The van der Waals surface area contributed by atoms with Crippen LogP contribution in [0.3, 0.4) is 0 Å². The first-order chi connectivity index (χ1) is 9.38. The lowest BCUT2D eigenvalue weighted by Gasteiger charge is -2.22. The molecule has 1 rings (SSSR count). The van der Waals surface area contributed by atoms with Gasteiger partial charge >= 0.3 is 0 Å². The maximum atomic E-state index is 3.61. The van der Waals surface area contributed by atoms with Crippen molar-refractivity contribution in [3.63, 3.8) is 0 Å². The van der Waals surface area contributed by atoms with Gasteiger partial charge in [0.2, 0.25) is 0 Å². The molecule has 2 unspecified atom stereocenters. The zero-order valence-corrected chi connectivity index (χ0v) is 13.5. The average molecular weight is 269 g/mol. The van der Waals surface area contributed by atoms with E-state index in [4.69, 9.17) is 0 Å². The van der Waals surface area contributed by atoms with Gasteiger partial charge in [-0.3, -0.25) is 5.01 Å². The minimum absolute atomic E-state index is 0.868. The maximum absolute atomic E-state index is 3.61. The highest BCUT2D eigenvalue weighted by atomic mass is 15.5. The molecule has 2 N–H and O–H groups in total. The van der Waals surface area contributed by atoms with Crippen LogP contribution < -0.4 is 10.4 Å². The van der Waals surface area contributed by atoms with Crippen LogP contribution in [0.2, 0.25) is 0 Å². The summed E-state index contributed by atoms with van der Waals surface area (Å²) in [5.41, 5.74) is 3.61. The number of rotatable bonds is 12. The van der Waals surface area contributed by atoms with Gasteiger partial charge < -0.3 is 0 Å².